The molecule has 2 heterocycles. The van der Waals surface area contributed by atoms with Gasteiger partial charge in [-0.25, -0.2) is 0 Å². The van der Waals surface area contributed by atoms with Gasteiger partial charge in [0.25, 0.3) is 0 Å². The number of benzene rings is 2. The molecule has 4 rings (SSSR count). The molecule has 2 fully saturated rings. The number of likely N-dealkylation sites (tertiary alicyclic amines) is 1. The van der Waals surface area contributed by atoms with Gasteiger partial charge in [0.15, 0.2) is 0 Å². The van der Waals surface area contributed by atoms with Crippen molar-refractivity contribution in [2.75, 3.05) is 26.7 Å². The molecule has 2 aromatic rings. The van der Waals surface area contributed by atoms with Crippen molar-refractivity contribution in [1.29, 1.82) is 0 Å². The summed E-state index contributed by atoms with van der Waals surface area (Å²) in [6.45, 7) is 2.74. The van der Waals surface area contributed by atoms with Crippen LogP contribution >= 0.6 is 0 Å². The van der Waals surface area contributed by atoms with Crippen LogP contribution in [0.1, 0.15) is 24.0 Å². The third kappa shape index (κ3) is 4.51. The van der Waals surface area contributed by atoms with E-state index in [2.05, 4.69) is 29.2 Å². The fourth-order valence-electron chi connectivity index (χ4n) is 4.55. The molecule has 2 atom stereocenters. The third-order valence-corrected chi connectivity index (χ3v) is 6.14. The average Bonchev–Trinajstić information content (AvgIpc) is 3.17. The van der Waals surface area contributed by atoms with Gasteiger partial charge in [0.1, 0.15) is 6.04 Å². The fraction of sp³-hybridized carbons (Fsp3) is 0.417. The Hall–Kier alpha value is -2.66. The van der Waals surface area contributed by atoms with Gasteiger partial charge >= 0.3 is 0 Å². The van der Waals surface area contributed by atoms with Crippen molar-refractivity contribution in [3.8, 4) is 0 Å². The highest BCUT2D eigenvalue weighted by Crippen LogP contribution is 2.24. The molecule has 0 N–H and O–H groups in total. The van der Waals surface area contributed by atoms with Crippen LogP contribution < -0.4 is 0 Å². The Balaban J connectivity index is 1.50. The summed E-state index contributed by atoms with van der Waals surface area (Å²) in [4.78, 5) is 31.8. The Labute approximate surface area is 172 Å². The van der Waals surface area contributed by atoms with E-state index in [9.17, 15) is 9.59 Å². The van der Waals surface area contributed by atoms with Crippen LogP contribution in [0.3, 0.4) is 0 Å². The highest BCUT2D eigenvalue weighted by atomic mass is 16.2. The van der Waals surface area contributed by atoms with Gasteiger partial charge in [-0.3, -0.25) is 14.5 Å². The van der Waals surface area contributed by atoms with Gasteiger partial charge in [-0.05, 0) is 30.5 Å². The van der Waals surface area contributed by atoms with E-state index >= 15 is 0 Å². The Morgan fingerprint density at radius 3 is 2.28 bits per heavy atom. The lowest BCUT2D eigenvalue weighted by Crippen LogP contribution is -2.61. The first kappa shape index (κ1) is 19.6. The zero-order valence-electron chi connectivity index (χ0n) is 17.0. The molecule has 2 aliphatic rings. The zero-order valence-corrected chi connectivity index (χ0v) is 17.0. The predicted molar refractivity (Wildman–Crippen MR) is 113 cm³/mol. The lowest BCUT2D eigenvalue weighted by Gasteiger charge is -2.41. The van der Waals surface area contributed by atoms with Crippen molar-refractivity contribution in [3.63, 3.8) is 0 Å². The quantitative estimate of drug-likeness (QED) is 0.760. The summed E-state index contributed by atoms with van der Waals surface area (Å²) in [5.74, 6) is 0.0978. The van der Waals surface area contributed by atoms with E-state index < -0.39 is 6.04 Å². The lowest BCUT2D eigenvalue weighted by molar-refractivity contribution is -0.155. The number of amides is 2. The van der Waals surface area contributed by atoms with E-state index in [-0.39, 0.29) is 18.4 Å². The van der Waals surface area contributed by atoms with Crippen molar-refractivity contribution >= 4 is 11.8 Å². The molecular weight excluding hydrogens is 362 g/mol. The van der Waals surface area contributed by atoms with Crippen LogP contribution in [0, 0.1) is 0 Å². The summed E-state index contributed by atoms with van der Waals surface area (Å²) in [5, 5.41) is 0. The number of rotatable bonds is 6. The van der Waals surface area contributed by atoms with Crippen molar-refractivity contribution in [2.45, 2.75) is 37.9 Å². The number of carbonyl (C=O) groups excluding carboxylic acids is 2. The summed E-state index contributed by atoms with van der Waals surface area (Å²) in [7, 11) is 1.73. The summed E-state index contributed by atoms with van der Waals surface area (Å²) in [6.07, 6.45) is 2.77. The molecule has 5 heteroatoms. The van der Waals surface area contributed by atoms with Crippen LogP contribution in [-0.4, -0.2) is 65.3 Å². The lowest BCUT2D eigenvalue weighted by atomic mass is 10.00. The minimum absolute atomic E-state index is 0.0426. The summed E-state index contributed by atoms with van der Waals surface area (Å²) in [6, 6.07) is 20.4. The Kier molecular flexibility index (Phi) is 5.95. The van der Waals surface area contributed by atoms with Gasteiger partial charge in [-0.15, -0.1) is 0 Å². The monoisotopic (exact) mass is 391 g/mol. The van der Waals surface area contributed by atoms with Crippen LogP contribution in [0.25, 0.3) is 0 Å². The van der Waals surface area contributed by atoms with Crippen LogP contribution in [0.4, 0.5) is 0 Å². The van der Waals surface area contributed by atoms with E-state index in [4.69, 9.17) is 0 Å². The highest BCUT2D eigenvalue weighted by Gasteiger charge is 2.40. The highest BCUT2D eigenvalue weighted by molar-refractivity contribution is 5.95. The third-order valence-electron chi connectivity index (χ3n) is 6.14. The summed E-state index contributed by atoms with van der Waals surface area (Å²) >= 11 is 0. The topological polar surface area (TPSA) is 43.9 Å². The van der Waals surface area contributed by atoms with Crippen molar-refractivity contribution in [2.24, 2.45) is 0 Å². The number of hydrogen-bond donors (Lipinski definition) is 0. The number of nitrogens with zero attached hydrogens (tertiary/aromatic N) is 3. The summed E-state index contributed by atoms with van der Waals surface area (Å²) in [5.41, 5.74) is 2.38. The fourth-order valence-corrected chi connectivity index (χ4v) is 4.55. The van der Waals surface area contributed by atoms with E-state index in [0.717, 1.165) is 31.5 Å². The van der Waals surface area contributed by atoms with Crippen molar-refractivity contribution in [1.82, 2.24) is 14.7 Å². The Morgan fingerprint density at radius 1 is 0.931 bits per heavy atom. The number of piperazine rings is 1. The van der Waals surface area contributed by atoms with Crippen LogP contribution in [0.5, 0.6) is 0 Å². The van der Waals surface area contributed by atoms with Gasteiger partial charge in [0.05, 0.1) is 6.54 Å². The molecule has 0 aromatic heterocycles. The maximum Gasteiger partial charge on any atom is 0.245 e. The largest absolute Gasteiger partial charge is 0.335 e. The minimum atomic E-state index is -0.414. The van der Waals surface area contributed by atoms with E-state index in [0.29, 0.717) is 19.0 Å². The van der Waals surface area contributed by atoms with Crippen LogP contribution in [-0.2, 0) is 22.6 Å². The molecule has 0 radical (unpaired) electrons. The van der Waals surface area contributed by atoms with E-state index in [1.807, 2.05) is 41.3 Å². The first-order chi connectivity index (χ1) is 14.1. The summed E-state index contributed by atoms with van der Waals surface area (Å²) < 4.78 is 0. The second-order valence-electron chi connectivity index (χ2n) is 8.20. The molecule has 29 heavy (non-hydrogen) atoms. The molecule has 2 aromatic carbocycles. The Morgan fingerprint density at radius 2 is 1.59 bits per heavy atom. The van der Waals surface area contributed by atoms with Gasteiger partial charge in [-0.1, -0.05) is 60.7 Å². The van der Waals surface area contributed by atoms with Gasteiger partial charge in [0.2, 0.25) is 11.8 Å². The van der Waals surface area contributed by atoms with Crippen molar-refractivity contribution < 1.29 is 9.59 Å². The van der Waals surface area contributed by atoms with Gasteiger partial charge in [0, 0.05) is 32.6 Å². The molecular formula is C24H29N3O2. The zero-order chi connectivity index (χ0) is 20.2. The molecule has 0 aliphatic carbocycles. The van der Waals surface area contributed by atoms with E-state index in [1.54, 1.807) is 11.9 Å². The standard InChI is InChI=1S/C24H29N3O2/c1-25-18-23(28)27(22(24(25)29)15-19-9-4-2-5-10-19)17-21-13-8-14-26(21)16-20-11-6-3-7-12-20/h2-7,9-12,21-22H,8,13-18H2,1H3/t21-,22-/m1/s1. The molecule has 2 saturated heterocycles. The molecule has 0 spiro atoms. The molecule has 0 saturated carbocycles. The SMILES string of the molecule is CN1CC(=O)N(C[C@H]2CCCN2Cc2ccccc2)[C@H](Cc2ccccc2)C1=O. The van der Waals surface area contributed by atoms with Crippen LogP contribution in [0.15, 0.2) is 60.7 Å². The number of likely N-dealkylation sites (N-methyl/N-ethyl adjacent to an activating group) is 1. The predicted octanol–water partition coefficient (Wildman–Crippen LogP) is 2.56. The number of hydrogen-bond acceptors (Lipinski definition) is 3. The first-order valence-corrected chi connectivity index (χ1v) is 10.5. The van der Waals surface area contributed by atoms with Gasteiger partial charge in [-0.2, -0.15) is 0 Å². The molecule has 0 bridgehead atoms. The molecule has 2 aliphatic heterocycles. The minimum Gasteiger partial charge on any atom is -0.335 e. The second kappa shape index (κ2) is 8.78. The molecule has 2 amide bonds. The normalized spacial score (nSPS) is 23.1. The maximum atomic E-state index is 13.0. The maximum absolute atomic E-state index is 13.0. The average molecular weight is 392 g/mol. The molecule has 152 valence electrons. The van der Waals surface area contributed by atoms with Crippen LogP contribution in [0.2, 0.25) is 0 Å². The first-order valence-electron chi connectivity index (χ1n) is 10.5. The molecule has 5 nitrogen and oxygen atoms in total. The van der Waals surface area contributed by atoms with Crippen molar-refractivity contribution in [3.05, 3.63) is 71.8 Å². The van der Waals surface area contributed by atoms with Gasteiger partial charge < -0.3 is 9.80 Å². The molecule has 0 unspecified atom stereocenters. The smallest absolute Gasteiger partial charge is 0.245 e. The Bertz CT molecular complexity index is 840. The van der Waals surface area contributed by atoms with E-state index in [1.165, 1.54) is 5.56 Å². The number of carbonyl (C=O) groups is 2. The second-order valence-corrected chi connectivity index (χ2v) is 8.20.